The third kappa shape index (κ3) is 3.25. The fourth-order valence-electron chi connectivity index (χ4n) is 2.71. The van der Waals surface area contributed by atoms with Gasteiger partial charge in [-0.3, -0.25) is 4.79 Å². The quantitative estimate of drug-likeness (QED) is 0.820. The van der Waals surface area contributed by atoms with Gasteiger partial charge in [-0.25, -0.2) is 0 Å². The number of hydrogen-bond donors (Lipinski definition) is 1. The molecule has 1 saturated heterocycles. The molecule has 0 saturated carbocycles. The Morgan fingerprint density at radius 3 is 2.22 bits per heavy atom. The molecule has 1 rings (SSSR count). The van der Waals surface area contributed by atoms with E-state index in [0.29, 0.717) is 11.8 Å². The second kappa shape index (κ2) is 6.55. The van der Waals surface area contributed by atoms with Crippen molar-refractivity contribution in [2.45, 2.75) is 53.4 Å². The highest BCUT2D eigenvalue weighted by Gasteiger charge is 2.35. The molecule has 3 nitrogen and oxygen atoms in total. The van der Waals surface area contributed by atoms with Crippen LogP contribution in [0.2, 0.25) is 0 Å². The summed E-state index contributed by atoms with van der Waals surface area (Å²) in [5, 5.41) is 9.50. The lowest BCUT2D eigenvalue weighted by Crippen LogP contribution is -2.46. The maximum Gasteiger partial charge on any atom is 0.225 e. The van der Waals surface area contributed by atoms with E-state index in [1.807, 2.05) is 11.8 Å². The van der Waals surface area contributed by atoms with Crippen LogP contribution in [0.3, 0.4) is 0 Å². The SMILES string of the molecule is CCC(C)C(C)C(=O)N1CCC(CC)(CO)CC1. The number of aliphatic hydroxyl groups excluding tert-OH is 1. The molecule has 1 aliphatic heterocycles. The molecule has 2 unspecified atom stereocenters. The molecule has 2 atom stereocenters. The molecule has 0 aromatic rings. The first-order valence-corrected chi connectivity index (χ1v) is 7.39. The number of aliphatic hydroxyl groups is 1. The predicted octanol–water partition coefficient (Wildman–Crippen LogP) is 2.68. The molecule has 3 heteroatoms. The van der Waals surface area contributed by atoms with Crippen molar-refractivity contribution in [3.8, 4) is 0 Å². The minimum atomic E-state index is 0.0659. The monoisotopic (exact) mass is 255 g/mol. The Labute approximate surface area is 112 Å². The zero-order valence-electron chi connectivity index (χ0n) is 12.4. The maximum absolute atomic E-state index is 12.3. The highest BCUT2D eigenvalue weighted by molar-refractivity contribution is 5.78. The van der Waals surface area contributed by atoms with Crippen molar-refractivity contribution < 1.29 is 9.90 Å². The number of amides is 1. The highest BCUT2D eigenvalue weighted by Crippen LogP contribution is 2.35. The molecular formula is C15H29NO2. The number of rotatable bonds is 5. The van der Waals surface area contributed by atoms with Gasteiger partial charge in [0, 0.05) is 25.6 Å². The molecule has 1 fully saturated rings. The number of carbonyl (C=O) groups is 1. The van der Waals surface area contributed by atoms with Gasteiger partial charge in [0.15, 0.2) is 0 Å². The van der Waals surface area contributed by atoms with Gasteiger partial charge in [-0.2, -0.15) is 0 Å². The van der Waals surface area contributed by atoms with E-state index in [4.69, 9.17) is 0 Å². The largest absolute Gasteiger partial charge is 0.396 e. The van der Waals surface area contributed by atoms with Crippen LogP contribution < -0.4 is 0 Å². The van der Waals surface area contributed by atoms with E-state index in [0.717, 1.165) is 38.8 Å². The lowest BCUT2D eigenvalue weighted by molar-refractivity contribution is -0.139. The van der Waals surface area contributed by atoms with Gasteiger partial charge in [0.25, 0.3) is 0 Å². The molecule has 0 aromatic carbocycles. The predicted molar refractivity (Wildman–Crippen MR) is 74.2 cm³/mol. The molecule has 0 aromatic heterocycles. The van der Waals surface area contributed by atoms with Crippen LogP contribution in [0, 0.1) is 17.3 Å². The van der Waals surface area contributed by atoms with Gasteiger partial charge in [0.05, 0.1) is 0 Å². The van der Waals surface area contributed by atoms with E-state index in [-0.39, 0.29) is 17.9 Å². The molecule has 106 valence electrons. The van der Waals surface area contributed by atoms with Gasteiger partial charge in [0.2, 0.25) is 5.91 Å². The molecule has 0 radical (unpaired) electrons. The van der Waals surface area contributed by atoms with Crippen LogP contribution in [-0.2, 0) is 4.79 Å². The molecule has 0 spiro atoms. The number of carbonyl (C=O) groups excluding carboxylic acids is 1. The summed E-state index contributed by atoms with van der Waals surface area (Å²) in [7, 11) is 0. The van der Waals surface area contributed by atoms with E-state index in [2.05, 4.69) is 20.8 Å². The smallest absolute Gasteiger partial charge is 0.225 e. The number of likely N-dealkylation sites (tertiary alicyclic amines) is 1. The first-order chi connectivity index (χ1) is 8.49. The second-order valence-corrected chi connectivity index (χ2v) is 6.01. The first-order valence-electron chi connectivity index (χ1n) is 7.39. The van der Waals surface area contributed by atoms with Crippen LogP contribution in [-0.4, -0.2) is 35.6 Å². The average Bonchev–Trinajstić information content (AvgIpc) is 2.44. The molecule has 1 heterocycles. The van der Waals surface area contributed by atoms with Gasteiger partial charge in [-0.1, -0.05) is 34.1 Å². The summed E-state index contributed by atoms with van der Waals surface area (Å²) in [6.07, 6.45) is 3.95. The molecule has 0 aliphatic carbocycles. The fraction of sp³-hybridized carbons (Fsp3) is 0.933. The van der Waals surface area contributed by atoms with E-state index in [1.165, 1.54) is 0 Å². The van der Waals surface area contributed by atoms with E-state index in [1.54, 1.807) is 0 Å². The average molecular weight is 255 g/mol. The van der Waals surface area contributed by atoms with Gasteiger partial charge in [-0.15, -0.1) is 0 Å². The minimum absolute atomic E-state index is 0.0659. The van der Waals surface area contributed by atoms with Gasteiger partial charge < -0.3 is 10.0 Å². The summed E-state index contributed by atoms with van der Waals surface area (Å²) in [4.78, 5) is 14.3. The molecule has 0 bridgehead atoms. The van der Waals surface area contributed by atoms with Gasteiger partial charge in [-0.05, 0) is 30.6 Å². The van der Waals surface area contributed by atoms with E-state index < -0.39 is 0 Å². The number of hydrogen-bond acceptors (Lipinski definition) is 2. The molecule has 1 amide bonds. The van der Waals surface area contributed by atoms with Crippen LogP contribution in [0.25, 0.3) is 0 Å². The Morgan fingerprint density at radius 1 is 1.28 bits per heavy atom. The van der Waals surface area contributed by atoms with Crippen LogP contribution in [0.4, 0.5) is 0 Å². The van der Waals surface area contributed by atoms with Gasteiger partial charge in [0.1, 0.15) is 0 Å². The fourth-order valence-corrected chi connectivity index (χ4v) is 2.71. The van der Waals surface area contributed by atoms with Crippen LogP contribution in [0.5, 0.6) is 0 Å². The van der Waals surface area contributed by atoms with Crippen LogP contribution in [0.15, 0.2) is 0 Å². The summed E-state index contributed by atoms with van der Waals surface area (Å²) in [6.45, 7) is 10.4. The molecule has 18 heavy (non-hydrogen) atoms. The molecule has 1 N–H and O–H groups in total. The topological polar surface area (TPSA) is 40.5 Å². The maximum atomic E-state index is 12.3. The normalized spacial score (nSPS) is 22.6. The summed E-state index contributed by atoms with van der Waals surface area (Å²) in [5.41, 5.74) is 0.0659. The van der Waals surface area contributed by atoms with Crippen LogP contribution >= 0.6 is 0 Å². The lowest BCUT2D eigenvalue weighted by Gasteiger charge is -2.41. The third-order valence-corrected chi connectivity index (χ3v) is 5.11. The van der Waals surface area contributed by atoms with Crippen molar-refractivity contribution >= 4 is 5.91 Å². The van der Waals surface area contributed by atoms with E-state index >= 15 is 0 Å². The summed E-state index contributed by atoms with van der Waals surface area (Å²) in [5.74, 6) is 0.874. The van der Waals surface area contributed by atoms with Crippen molar-refractivity contribution in [2.75, 3.05) is 19.7 Å². The molecular weight excluding hydrogens is 226 g/mol. The van der Waals surface area contributed by atoms with Crippen LogP contribution in [0.1, 0.15) is 53.4 Å². The number of piperidine rings is 1. The lowest BCUT2D eigenvalue weighted by atomic mass is 9.76. The Hall–Kier alpha value is -0.570. The zero-order chi connectivity index (χ0) is 13.8. The Balaban J connectivity index is 2.55. The van der Waals surface area contributed by atoms with Crippen molar-refractivity contribution in [2.24, 2.45) is 17.3 Å². The summed E-state index contributed by atoms with van der Waals surface area (Å²) in [6, 6.07) is 0. The molecule has 1 aliphatic rings. The Kier molecular flexibility index (Phi) is 5.64. The van der Waals surface area contributed by atoms with Crippen molar-refractivity contribution in [1.29, 1.82) is 0 Å². The van der Waals surface area contributed by atoms with Crippen molar-refractivity contribution in [3.05, 3.63) is 0 Å². The first kappa shape index (κ1) is 15.5. The van der Waals surface area contributed by atoms with Crippen molar-refractivity contribution in [1.82, 2.24) is 4.90 Å². The number of nitrogens with zero attached hydrogens (tertiary/aromatic N) is 1. The highest BCUT2D eigenvalue weighted by atomic mass is 16.3. The Bertz CT molecular complexity index is 264. The summed E-state index contributed by atoms with van der Waals surface area (Å²) < 4.78 is 0. The third-order valence-electron chi connectivity index (χ3n) is 5.11. The van der Waals surface area contributed by atoms with E-state index in [9.17, 15) is 9.90 Å². The standard InChI is InChI=1S/C15H29NO2/c1-5-12(3)13(4)14(18)16-9-7-15(6-2,11-17)8-10-16/h12-13,17H,5-11H2,1-4H3. The Morgan fingerprint density at radius 2 is 1.83 bits per heavy atom. The second-order valence-electron chi connectivity index (χ2n) is 6.01. The van der Waals surface area contributed by atoms with Gasteiger partial charge >= 0.3 is 0 Å². The zero-order valence-corrected chi connectivity index (χ0v) is 12.4. The minimum Gasteiger partial charge on any atom is -0.396 e. The summed E-state index contributed by atoms with van der Waals surface area (Å²) >= 11 is 0. The van der Waals surface area contributed by atoms with Crippen molar-refractivity contribution in [3.63, 3.8) is 0 Å².